The normalized spacial score (nSPS) is 16.2. The molecule has 1 saturated heterocycles. The Bertz CT molecular complexity index is 2770. The Balaban J connectivity index is 0.871. The number of benzene rings is 3. The fourth-order valence-corrected chi connectivity index (χ4v) is 9.16. The minimum atomic E-state index is -4.05. The number of hydrogen-bond donors (Lipinski definition) is 1. The first kappa shape index (κ1) is 45.1. The van der Waals surface area contributed by atoms with Crippen molar-refractivity contribution in [3.8, 4) is 16.9 Å². The topological polar surface area (TPSA) is 171 Å². The van der Waals surface area contributed by atoms with E-state index in [0.717, 1.165) is 64.8 Å². The predicted octanol–water partition coefficient (Wildman–Crippen LogP) is 7.02. The molecule has 0 spiro atoms. The van der Waals surface area contributed by atoms with Crippen molar-refractivity contribution in [2.24, 2.45) is 0 Å². The molecule has 1 aliphatic rings. The second-order valence-corrected chi connectivity index (χ2v) is 17.8. The van der Waals surface area contributed by atoms with Crippen molar-refractivity contribution in [3.05, 3.63) is 161 Å². The maximum atomic E-state index is 16.2. The standard InChI is InChI=1S/C45H47F3N11O5P/c1-4-40(32(2)64-65(3,62)63-28-33-10-6-5-7-11-33)59-43(60)58(31-52-59)42-21-19-37(27-50-42)56-24-22-55(23-25-56)36-17-14-34(15-18-36)35-16-20-41(49-26-35)45(47,48)44(61,29-57-30-51-53-54-57)38-12-8-9-13-39(38)46/h5-21,26-27,30-32,40,61H,4,22-25,28-29H2,1-3H3/t32-,40-,44?,65?/m0/s1. The van der Waals surface area contributed by atoms with Crippen LogP contribution in [0.15, 0.2) is 133 Å². The van der Waals surface area contributed by atoms with Gasteiger partial charge < -0.3 is 24.0 Å². The Kier molecular flexibility index (Phi) is 13.1. The summed E-state index contributed by atoms with van der Waals surface area (Å²) in [6, 6.07) is 27.7. The van der Waals surface area contributed by atoms with Crippen molar-refractivity contribution in [3.63, 3.8) is 0 Å². The van der Waals surface area contributed by atoms with Gasteiger partial charge in [-0.2, -0.15) is 13.9 Å². The van der Waals surface area contributed by atoms with Gasteiger partial charge in [-0.1, -0.05) is 73.7 Å². The molecule has 7 aromatic rings. The van der Waals surface area contributed by atoms with Crippen LogP contribution in [0.3, 0.4) is 0 Å². The zero-order valence-electron chi connectivity index (χ0n) is 35.8. The molecule has 4 atom stereocenters. The third-order valence-electron chi connectivity index (χ3n) is 11.5. The summed E-state index contributed by atoms with van der Waals surface area (Å²) < 4.78 is 75.7. The highest BCUT2D eigenvalue weighted by atomic mass is 31.2. The molecule has 0 amide bonds. The number of hydrogen-bond acceptors (Lipinski definition) is 13. The molecule has 1 fully saturated rings. The zero-order valence-corrected chi connectivity index (χ0v) is 36.7. The molecular formula is C45H47F3N11O5P. The third kappa shape index (κ3) is 9.64. The maximum absolute atomic E-state index is 16.2. The molecule has 1 aliphatic heterocycles. The van der Waals surface area contributed by atoms with Gasteiger partial charge in [-0.05, 0) is 71.3 Å². The lowest BCUT2D eigenvalue weighted by atomic mass is 9.84. The molecule has 0 radical (unpaired) electrons. The number of alkyl halides is 2. The molecule has 1 N–H and O–H groups in total. The van der Waals surface area contributed by atoms with Gasteiger partial charge >= 0.3 is 19.2 Å². The number of aliphatic hydroxyl groups is 1. The Hall–Kier alpha value is -6.53. The number of halogens is 3. The highest BCUT2D eigenvalue weighted by Gasteiger charge is 2.58. The van der Waals surface area contributed by atoms with Crippen molar-refractivity contribution in [1.82, 2.24) is 44.5 Å². The van der Waals surface area contributed by atoms with Crippen molar-refractivity contribution >= 4 is 19.0 Å². The molecule has 5 heterocycles. The van der Waals surface area contributed by atoms with Gasteiger partial charge in [-0.25, -0.2) is 28.1 Å². The average molecular weight is 910 g/mol. The van der Waals surface area contributed by atoms with E-state index < -0.39 is 60.6 Å². The van der Waals surface area contributed by atoms with E-state index in [9.17, 15) is 18.9 Å². The Morgan fingerprint density at radius 3 is 2.14 bits per heavy atom. The van der Waals surface area contributed by atoms with Crippen molar-refractivity contribution in [2.45, 2.75) is 57.1 Å². The minimum absolute atomic E-state index is 0.134. The number of piperazine rings is 1. The summed E-state index contributed by atoms with van der Waals surface area (Å²) in [5.74, 6) is -4.65. The van der Waals surface area contributed by atoms with E-state index in [4.69, 9.17) is 9.05 Å². The number of rotatable bonds is 17. The first-order valence-corrected chi connectivity index (χ1v) is 22.9. The average Bonchev–Trinajstić information content (AvgIpc) is 3.98. The first-order valence-electron chi connectivity index (χ1n) is 21.0. The van der Waals surface area contributed by atoms with Crippen LogP contribution in [0.2, 0.25) is 0 Å². The van der Waals surface area contributed by atoms with Crippen molar-refractivity contribution in [1.29, 1.82) is 0 Å². The van der Waals surface area contributed by atoms with Gasteiger partial charge in [0.05, 0.1) is 37.2 Å². The minimum Gasteiger partial charge on any atom is -0.377 e. The van der Waals surface area contributed by atoms with E-state index in [0.29, 0.717) is 30.9 Å². The van der Waals surface area contributed by atoms with Crippen LogP contribution in [0.25, 0.3) is 16.9 Å². The van der Waals surface area contributed by atoms with Crippen LogP contribution in [0, 0.1) is 5.82 Å². The van der Waals surface area contributed by atoms with Crippen molar-refractivity contribution < 1.29 is 31.9 Å². The zero-order chi connectivity index (χ0) is 45.8. The van der Waals surface area contributed by atoms with Crippen LogP contribution in [0.5, 0.6) is 0 Å². The first-order chi connectivity index (χ1) is 31.3. The summed E-state index contributed by atoms with van der Waals surface area (Å²) in [7, 11) is -3.46. The second-order valence-electron chi connectivity index (χ2n) is 15.8. The Morgan fingerprint density at radius 1 is 0.831 bits per heavy atom. The summed E-state index contributed by atoms with van der Waals surface area (Å²) in [6.45, 7) is 7.23. The summed E-state index contributed by atoms with van der Waals surface area (Å²) in [5.41, 5.74) is -0.774. The summed E-state index contributed by atoms with van der Waals surface area (Å²) >= 11 is 0. The molecule has 20 heteroatoms. The molecule has 4 aromatic heterocycles. The Morgan fingerprint density at radius 2 is 1.51 bits per heavy atom. The van der Waals surface area contributed by atoms with Crippen LogP contribution >= 0.6 is 7.60 Å². The smallest absolute Gasteiger partial charge is 0.351 e. The van der Waals surface area contributed by atoms with Crippen molar-refractivity contribution in [2.75, 3.05) is 42.6 Å². The van der Waals surface area contributed by atoms with Crippen LogP contribution < -0.4 is 15.5 Å². The fraction of sp³-hybridized carbons (Fsp3) is 0.311. The highest BCUT2D eigenvalue weighted by molar-refractivity contribution is 7.52. The molecule has 65 heavy (non-hydrogen) atoms. The molecule has 0 saturated carbocycles. The predicted molar refractivity (Wildman–Crippen MR) is 236 cm³/mol. The summed E-state index contributed by atoms with van der Waals surface area (Å²) in [5, 5.41) is 26.4. The van der Waals surface area contributed by atoms with E-state index in [1.165, 1.54) is 46.6 Å². The number of anilines is 2. The molecule has 2 unspecified atom stereocenters. The van der Waals surface area contributed by atoms with Gasteiger partial charge in [0.1, 0.15) is 30.0 Å². The van der Waals surface area contributed by atoms with Gasteiger partial charge in [-0.3, -0.25) is 9.55 Å². The van der Waals surface area contributed by atoms with Gasteiger partial charge in [0.2, 0.25) is 0 Å². The lowest BCUT2D eigenvalue weighted by Crippen LogP contribution is -2.48. The molecule has 3 aromatic carbocycles. The molecular weight excluding hydrogens is 863 g/mol. The second kappa shape index (κ2) is 18.9. The summed E-state index contributed by atoms with van der Waals surface area (Å²) in [4.78, 5) is 26.7. The number of pyridine rings is 2. The molecule has 0 aliphatic carbocycles. The number of nitrogens with zero attached hydrogens (tertiary/aromatic N) is 11. The fourth-order valence-electron chi connectivity index (χ4n) is 7.97. The SMILES string of the molecule is CC[C@@H]([C@H](C)OP(C)(=O)OCc1ccccc1)n1ncn(-c2ccc(N3CCN(c4ccc(-c5ccc(C(F)(F)C(O)(Cn6cnnn6)c6ccccc6F)nc5)cc4)CC3)cn2)c1=O. The lowest BCUT2D eigenvalue weighted by Gasteiger charge is -2.37. The number of tetrazole rings is 1. The van der Waals surface area contributed by atoms with Crippen LogP contribution in [0.4, 0.5) is 24.5 Å². The molecule has 8 rings (SSSR count). The van der Waals surface area contributed by atoms with Gasteiger partial charge in [0, 0.05) is 55.9 Å². The molecule has 338 valence electrons. The molecule has 16 nitrogen and oxygen atoms in total. The number of aromatic nitrogens is 9. The van der Waals surface area contributed by atoms with Gasteiger partial charge in [0.25, 0.3) is 0 Å². The maximum Gasteiger partial charge on any atom is 0.351 e. The van der Waals surface area contributed by atoms with E-state index in [1.54, 1.807) is 19.2 Å². The highest BCUT2D eigenvalue weighted by Crippen LogP contribution is 2.48. The van der Waals surface area contributed by atoms with Crippen LogP contribution in [0.1, 0.15) is 43.1 Å². The molecule has 0 bridgehead atoms. The summed E-state index contributed by atoms with van der Waals surface area (Å²) in [6.07, 6.45) is 5.36. The van der Waals surface area contributed by atoms with E-state index in [-0.39, 0.29) is 6.61 Å². The largest absolute Gasteiger partial charge is 0.377 e. The monoisotopic (exact) mass is 909 g/mol. The lowest BCUT2D eigenvalue weighted by molar-refractivity contribution is -0.207. The Labute approximate surface area is 372 Å². The van der Waals surface area contributed by atoms with E-state index in [2.05, 4.69) is 40.4 Å². The quantitative estimate of drug-likeness (QED) is 0.0926. The van der Waals surface area contributed by atoms with Crippen LogP contribution in [-0.2, 0) is 38.3 Å². The third-order valence-corrected chi connectivity index (χ3v) is 12.8. The van der Waals surface area contributed by atoms with E-state index >= 15 is 8.78 Å². The van der Waals surface area contributed by atoms with Gasteiger partial charge in [-0.15, -0.1) is 5.10 Å². The van der Waals surface area contributed by atoms with Gasteiger partial charge in [0.15, 0.2) is 5.60 Å². The van der Waals surface area contributed by atoms with E-state index in [1.807, 2.05) is 67.6 Å². The van der Waals surface area contributed by atoms with Crippen LogP contribution in [-0.4, -0.2) is 88.6 Å².